The van der Waals surface area contributed by atoms with E-state index in [-0.39, 0.29) is 6.92 Å². The Morgan fingerprint density at radius 3 is 2.19 bits per heavy atom. The zero-order valence-electron chi connectivity index (χ0n) is 8.21. The van der Waals surface area contributed by atoms with Crippen LogP contribution in [0.2, 0.25) is 0 Å². The van der Waals surface area contributed by atoms with Crippen LogP contribution >= 0.6 is 0 Å². The van der Waals surface area contributed by atoms with Gasteiger partial charge in [-0.15, -0.1) is 6.58 Å². The van der Waals surface area contributed by atoms with Crippen molar-refractivity contribution in [1.29, 1.82) is 0 Å². The standard InChI is InChI=1S/C7H10F3NO4S/c1-3-4-16(14,15)11-6(2,5(12)13)7(8,9)10/h3,11H,1,4H2,2H3,(H,12,13). The third-order valence-corrected chi connectivity index (χ3v) is 3.09. The molecule has 0 heterocycles. The van der Waals surface area contributed by atoms with Gasteiger partial charge < -0.3 is 5.11 Å². The first-order chi connectivity index (χ1) is 6.96. The molecule has 0 amide bonds. The number of aliphatic carboxylic acids is 1. The number of hydrogen-bond donors (Lipinski definition) is 2. The van der Waals surface area contributed by atoms with Crippen LogP contribution in [0.4, 0.5) is 13.2 Å². The summed E-state index contributed by atoms with van der Waals surface area (Å²) < 4.78 is 60.4. The first-order valence-corrected chi connectivity index (χ1v) is 5.54. The monoisotopic (exact) mass is 261 g/mol. The van der Waals surface area contributed by atoms with Crippen LogP contribution in [-0.4, -0.2) is 37.0 Å². The fourth-order valence-electron chi connectivity index (χ4n) is 0.731. The van der Waals surface area contributed by atoms with Crippen LogP contribution in [0.5, 0.6) is 0 Å². The lowest BCUT2D eigenvalue weighted by Crippen LogP contribution is -2.62. The summed E-state index contributed by atoms with van der Waals surface area (Å²) in [6.45, 7) is 3.27. The molecule has 0 saturated heterocycles. The normalized spacial score (nSPS) is 16.5. The fourth-order valence-corrected chi connectivity index (χ4v) is 1.95. The number of sulfonamides is 1. The predicted molar refractivity (Wildman–Crippen MR) is 49.2 cm³/mol. The molecular formula is C7H10F3NO4S. The number of hydrogen-bond acceptors (Lipinski definition) is 3. The molecule has 0 aromatic carbocycles. The highest BCUT2D eigenvalue weighted by molar-refractivity contribution is 7.89. The van der Waals surface area contributed by atoms with Crippen molar-refractivity contribution in [3.05, 3.63) is 12.7 Å². The minimum Gasteiger partial charge on any atom is -0.480 e. The highest BCUT2D eigenvalue weighted by Gasteiger charge is 2.59. The Labute approximate surface area is 90.0 Å². The lowest BCUT2D eigenvalue weighted by molar-refractivity contribution is -0.201. The summed E-state index contributed by atoms with van der Waals surface area (Å²) in [6, 6.07) is 0. The van der Waals surface area contributed by atoms with Crippen LogP contribution in [0.3, 0.4) is 0 Å². The molecule has 0 aromatic heterocycles. The number of carboxylic acids is 1. The maximum absolute atomic E-state index is 12.4. The Bertz CT molecular complexity index is 389. The van der Waals surface area contributed by atoms with E-state index < -0.39 is 33.5 Å². The van der Waals surface area contributed by atoms with Crippen LogP contribution in [0.1, 0.15) is 6.92 Å². The summed E-state index contributed by atoms with van der Waals surface area (Å²) in [5.41, 5.74) is -3.55. The van der Waals surface area contributed by atoms with Crippen molar-refractivity contribution in [2.75, 3.05) is 5.75 Å². The van der Waals surface area contributed by atoms with Crippen molar-refractivity contribution in [2.45, 2.75) is 18.6 Å². The van der Waals surface area contributed by atoms with Crippen molar-refractivity contribution in [2.24, 2.45) is 0 Å². The van der Waals surface area contributed by atoms with Crippen LogP contribution in [-0.2, 0) is 14.8 Å². The molecule has 0 spiro atoms. The van der Waals surface area contributed by atoms with E-state index in [0.29, 0.717) is 0 Å². The zero-order valence-corrected chi connectivity index (χ0v) is 9.02. The van der Waals surface area contributed by atoms with Crippen molar-refractivity contribution in [3.8, 4) is 0 Å². The van der Waals surface area contributed by atoms with Crippen molar-refractivity contribution in [1.82, 2.24) is 4.72 Å². The largest absolute Gasteiger partial charge is 0.480 e. The molecule has 0 aromatic rings. The quantitative estimate of drug-likeness (QED) is 0.706. The topological polar surface area (TPSA) is 83.5 Å². The van der Waals surface area contributed by atoms with Gasteiger partial charge in [0.15, 0.2) is 0 Å². The molecule has 2 N–H and O–H groups in total. The number of carboxylic acid groups (broad SMARTS) is 1. The van der Waals surface area contributed by atoms with Crippen molar-refractivity contribution < 1.29 is 31.5 Å². The van der Waals surface area contributed by atoms with Gasteiger partial charge in [-0.2, -0.15) is 17.9 Å². The van der Waals surface area contributed by atoms with Gasteiger partial charge in [-0.05, 0) is 6.92 Å². The Hall–Kier alpha value is -1.09. The van der Waals surface area contributed by atoms with Gasteiger partial charge in [0, 0.05) is 0 Å². The van der Waals surface area contributed by atoms with Gasteiger partial charge in [-0.3, -0.25) is 0 Å². The molecule has 0 bridgehead atoms. The second-order valence-electron chi connectivity index (χ2n) is 3.10. The zero-order chi connectivity index (χ0) is 13.2. The van der Waals surface area contributed by atoms with Gasteiger partial charge in [0.1, 0.15) is 0 Å². The first-order valence-electron chi connectivity index (χ1n) is 3.89. The Balaban J connectivity index is 5.29. The van der Waals surface area contributed by atoms with Crippen LogP contribution in [0.15, 0.2) is 12.7 Å². The molecule has 0 fully saturated rings. The van der Waals surface area contributed by atoms with Gasteiger partial charge in [0.2, 0.25) is 15.6 Å². The molecule has 5 nitrogen and oxygen atoms in total. The Morgan fingerprint density at radius 2 is 1.94 bits per heavy atom. The lowest BCUT2D eigenvalue weighted by Gasteiger charge is -2.27. The lowest BCUT2D eigenvalue weighted by atomic mass is 10.0. The smallest absolute Gasteiger partial charge is 0.418 e. The SMILES string of the molecule is C=CCS(=O)(=O)NC(C)(C(=O)O)C(F)(F)F. The number of halogens is 3. The highest BCUT2D eigenvalue weighted by Crippen LogP contribution is 2.31. The molecule has 94 valence electrons. The first kappa shape index (κ1) is 14.9. The van der Waals surface area contributed by atoms with Gasteiger partial charge in [0.05, 0.1) is 5.75 Å². The summed E-state index contributed by atoms with van der Waals surface area (Å²) in [5, 5.41) is 8.43. The van der Waals surface area contributed by atoms with E-state index in [1.54, 1.807) is 0 Å². The maximum Gasteiger partial charge on any atom is 0.418 e. The molecular weight excluding hydrogens is 251 g/mol. The van der Waals surface area contributed by atoms with Crippen LogP contribution in [0, 0.1) is 0 Å². The molecule has 9 heteroatoms. The molecule has 1 atom stereocenters. The predicted octanol–water partition coefficient (Wildman–Crippen LogP) is 0.497. The van der Waals surface area contributed by atoms with Crippen LogP contribution in [0.25, 0.3) is 0 Å². The molecule has 0 aliphatic heterocycles. The second kappa shape index (κ2) is 4.42. The number of nitrogens with one attached hydrogen (secondary N) is 1. The van der Waals surface area contributed by atoms with Crippen molar-refractivity contribution in [3.63, 3.8) is 0 Å². The molecule has 0 rings (SSSR count). The van der Waals surface area contributed by atoms with Gasteiger partial charge in [0.25, 0.3) is 0 Å². The third kappa shape index (κ3) is 3.20. The Kier molecular flexibility index (Phi) is 4.12. The highest BCUT2D eigenvalue weighted by atomic mass is 32.2. The summed E-state index contributed by atoms with van der Waals surface area (Å²) in [6.07, 6.45) is -4.39. The van der Waals surface area contributed by atoms with E-state index in [1.165, 1.54) is 0 Å². The van der Waals surface area contributed by atoms with Gasteiger partial charge in [-0.25, -0.2) is 13.2 Å². The average Bonchev–Trinajstić information content (AvgIpc) is 1.99. The molecule has 0 aliphatic rings. The van der Waals surface area contributed by atoms with Crippen molar-refractivity contribution >= 4 is 16.0 Å². The summed E-state index contributed by atoms with van der Waals surface area (Å²) in [5.74, 6) is -3.13. The van der Waals surface area contributed by atoms with E-state index in [9.17, 15) is 26.4 Å². The fraction of sp³-hybridized carbons (Fsp3) is 0.571. The van der Waals surface area contributed by atoms with E-state index >= 15 is 0 Å². The van der Waals surface area contributed by atoms with Gasteiger partial charge >= 0.3 is 12.1 Å². The molecule has 0 aliphatic carbocycles. The molecule has 1 unspecified atom stereocenters. The third-order valence-electron chi connectivity index (χ3n) is 1.69. The minimum atomic E-state index is -5.24. The summed E-state index contributed by atoms with van der Waals surface area (Å²) in [4.78, 5) is 10.5. The molecule has 0 saturated carbocycles. The average molecular weight is 261 g/mol. The number of carbonyl (C=O) groups is 1. The van der Waals surface area contributed by atoms with E-state index in [0.717, 1.165) is 10.8 Å². The Morgan fingerprint density at radius 1 is 1.50 bits per heavy atom. The summed E-state index contributed by atoms with van der Waals surface area (Å²) >= 11 is 0. The van der Waals surface area contributed by atoms with E-state index in [4.69, 9.17) is 5.11 Å². The maximum atomic E-state index is 12.4. The van der Waals surface area contributed by atoms with Gasteiger partial charge in [-0.1, -0.05) is 6.08 Å². The van der Waals surface area contributed by atoms with Crippen LogP contribution < -0.4 is 4.72 Å². The second-order valence-corrected chi connectivity index (χ2v) is 4.87. The molecule has 16 heavy (non-hydrogen) atoms. The van der Waals surface area contributed by atoms with E-state index in [1.807, 2.05) is 0 Å². The minimum absolute atomic E-state index is 0.232. The number of alkyl halides is 3. The molecule has 0 radical (unpaired) electrons. The number of rotatable bonds is 5. The van der Waals surface area contributed by atoms with E-state index in [2.05, 4.69) is 6.58 Å². The summed E-state index contributed by atoms with van der Waals surface area (Å²) in [7, 11) is -4.39.